The lowest BCUT2D eigenvalue weighted by Gasteiger charge is -2.21. The van der Waals surface area contributed by atoms with E-state index in [0.717, 1.165) is 45.6 Å². The average molecular weight is 269 g/mol. The molecule has 4 nitrogen and oxygen atoms in total. The minimum absolute atomic E-state index is 0.158. The van der Waals surface area contributed by atoms with Crippen molar-refractivity contribution in [2.75, 3.05) is 32.7 Å². The van der Waals surface area contributed by atoms with Crippen LogP contribution in [0.25, 0.3) is 0 Å². The van der Waals surface area contributed by atoms with Crippen LogP contribution in [-0.4, -0.2) is 49.6 Å². The van der Waals surface area contributed by atoms with Crippen LogP contribution in [0.1, 0.15) is 40.5 Å². The van der Waals surface area contributed by atoms with Crippen molar-refractivity contribution < 1.29 is 4.79 Å². The van der Waals surface area contributed by atoms with Crippen molar-refractivity contribution in [2.45, 2.75) is 46.6 Å². The topological polar surface area (TPSA) is 44.4 Å². The van der Waals surface area contributed by atoms with Crippen LogP contribution in [-0.2, 0) is 4.79 Å². The summed E-state index contributed by atoms with van der Waals surface area (Å²) in [5.41, 5.74) is 0. The second-order valence-corrected chi connectivity index (χ2v) is 5.82. The van der Waals surface area contributed by atoms with Gasteiger partial charge in [0.1, 0.15) is 0 Å². The molecule has 4 heteroatoms. The van der Waals surface area contributed by atoms with Crippen LogP contribution in [0.3, 0.4) is 0 Å². The van der Waals surface area contributed by atoms with Gasteiger partial charge in [-0.25, -0.2) is 0 Å². The highest BCUT2D eigenvalue weighted by Gasteiger charge is 2.29. The van der Waals surface area contributed by atoms with Gasteiger partial charge in [-0.3, -0.25) is 4.79 Å². The first kappa shape index (κ1) is 16.4. The maximum Gasteiger partial charge on any atom is 0.224 e. The van der Waals surface area contributed by atoms with Gasteiger partial charge in [-0.15, -0.1) is 0 Å². The van der Waals surface area contributed by atoms with Crippen molar-refractivity contribution in [2.24, 2.45) is 11.8 Å². The minimum Gasteiger partial charge on any atom is -0.353 e. The molecule has 1 rings (SSSR count). The predicted octanol–water partition coefficient (Wildman–Crippen LogP) is 1.47. The first-order valence-electron chi connectivity index (χ1n) is 7.81. The molecular weight excluding hydrogens is 238 g/mol. The Morgan fingerprint density at radius 1 is 1.37 bits per heavy atom. The van der Waals surface area contributed by atoms with Gasteiger partial charge in [0, 0.05) is 12.6 Å². The maximum absolute atomic E-state index is 12.1. The summed E-state index contributed by atoms with van der Waals surface area (Å²) >= 11 is 0. The molecular formula is C15H31N3O. The molecule has 1 heterocycles. The zero-order valence-electron chi connectivity index (χ0n) is 13.0. The highest BCUT2D eigenvalue weighted by molar-refractivity contribution is 5.79. The molecule has 0 aromatic heterocycles. The van der Waals surface area contributed by atoms with Gasteiger partial charge in [-0.1, -0.05) is 20.8 Å². The zero-order chi connectivity index (χ0) is 14.3. The first-order valence-corrected chi connectivity index (χ1v) is 7.81. The molecule has 0 spiro atoms. The quantitative estimate of drug-likeness (QED) is 0.701. The summed E-state index contributed by atoms with van der Waals surface area (Å²) in [6.07, 6.45) is 2.22. The van der Waals surface area contributed by atoms with Gasteiger partial charge in [-0.05, 0) is 51.9 Å². The van der Waals surface area contributed by atoms with Crippen LogP contribution in [0.2, 0.25) is 0 Å². The van der Waals surface area contributed by atoms with E-state index >= 15 is 0 Å². The van der Waals surface area contributed by atoms with E-state index in [9.17, 15) is 4.79 Å². The van der Waals surface area contributed by atoms with Gasteiger partial charge in [0.15, 0.2) is 0 Å². The normalized spacial score (nSPS) is 24.7. The van der Waals surface area contributed by atoms with Gasteiger partial charge in [-0.2, -0.15) is 0 Å². The third-order valence-electron chi connectivity index (χ3n) is 4.25. The molecule has 112 valence electrons. The average Bonchev–Trinajstić information content (AvgIpc) is 2.81. The molecule has 1 saturated heterocycles. The van der Waals surface area contributed by atoms with E-state index in [4.69, 9.17) is 0 Å². The van der Waals surface area contributed by atoms with E-state index in [1.54, 1.807) is 0 Å². The number of carbonyl (C=O) groups is 1. The molecule has 0 bridgehead atoms. The number of rotatable bonds is 8. The predicted molar refractivity (Wildman–Crippen MR) is 80.2 cm³/mol. The number of nitrogens with zero attached hydrogens (tertiary/aromatic N) is 1. The third kappa shape index (κ3) is 5.49. The molecule has 1 unspecified atom stereocenters. The number of hydrogen-bond donors (Lipinski definition) is 2. The Morgan fingerprint density at radius 2 is 2.05 bits per heavy atom. The Bertz CT molecular complexity index is 266. The molecule has 0 aliphatic carbocycles. The van der Waals surface area contributed by atoms with Gasteiger partial charge >= 0.3 is 0 Å². The fraction of sp³-hybridized carbons (Fsp3) is 0.933. The van der Waals surface area contributed by atoms with Gasteiger partial charge < -0.3 is 15.5 Å². The maximum atomic E-state index is 12.1. The van der Waals surface area contributed by atoms with Gasteiger partial charge in [0.2, 0.25) is 5.91 Å². The van der Waals surface area contributed by atoms with Crippen LogP contribution in [0.15, 0.2) is 0 Å². The smallest absolute Gasteiger partial charge is 0.224 e. The number of carbonyl (C=O) groups excluding carboxylic acids is 1. The van der Waals surface area contributed by atoms with Crippen LogP contribution in [0, 0.1) is 11.8 Å². The Labute approximate surface area is 118 Å². The second-order valence-electron chi connectivity index (χ2n) is 5.82. The lowest BCUT2D eigenvalue weighted by molar-refractivity contribution is -0.126. The zero-order valence-corrected chi connectivity index (χ0v) is 13.0. The third-order valence-corrected chi connectivity index (χ3v) is 4.25. The standard InChI is InChI=1S/C15H31N3O/c1-5-18(6-2)9-7-8-13(4)17-15(19)14-11-16-10-12(14)3/h12-14,16H,5-11H2,1-4H3,(H,17,19)/t12-,13?,14-/m1/s1. The lowest BCUT2D eigenvalue weighted by Crippen LogP contribution is -2.40. The summed E-state index contributed by atoms with van der Waals surface area (Å²) in [5.74, 6) is 0.848. The molecule has 2 N–H and O–H groups in total. The highest BCUT2D eigenvalue weighted by Crippen LogP contribution is 2.16. The summed E-state index contributed by atoms with van der Waals surface area (Å²) in [4.78, 5) is 14.5. The lowest BCUT2D eigenvalue weighted by atomic mass is 9.97. The van der Waals surface area contributed by atoms with Crippen molar-refractivity contribution in [3.05, 3.63) is 0 Å². The largest absolute Gasteiger partial charge is 0.353 e. The fourth-order valence-electron chi connectivity index (χ4n) is 2.74. The van der Waals surface area contributed by atoms with Crippen molar-refractivity contribution in [1.82, 2.24) is 15.5 Å². The van der Waals surface area contributed by atoms with Crippen LogP contribution >= 0.6 is 0 Å². The highest BCUT2D eigenvalue weighted by atomic mass is 16.2. The monoisotopic (exact) mass is 269 g/mol. The summed E-state index contributed by atoms with van der Waals surface area (Å²) in [6.45, 7) is 13.8. The van der Waals surface area contributed by atoms with Crippen molar-refractivity contribution in [1.29, 1.82) is 0 Å². The second kappa shape index (κ2) is 8.54. The summed E-state index contributed by atoms with van der Waals surface area (Å²) < 4.78 is 0. The fourth-order valence-corrected chi connectivity index (χ4v) is 2.74. The molecule has 19 heavy (non-hydrogen) atoms. The Morgan fingerprint density at radius 3 is 2.58 bits per heavy atom. The van der Waals surface area contributed by atoms with Crippen LogP contribution in [0.4, 0.5) is 0 Å². The Kier molecular flexibility index (Phi) is 7.39. The van der Waals surface area contributed by atoms with E-state index in [0.29, 0.717) is 5.92 Å². The molecule has 3 atom stereocenters. The van der Waals surface area contributed by atoms with E-state index in [-0.39, 0.29) is 17.9 Å². The van der Waals surface area contributed by atoms with Gasteiger partial charge in [0.25, 0.3) is 0 Å². The summed E-state index contributed by atoms with van der Waals surface area (Å²) in [7, 11) is 0. The Balaban J connectivity index is 2.19. The number of hydrogen-bond acceptors (Lipinski definition) is 3. The minimum atomic E-state index is 0.158. The van der Waals surface area contributed by atoms with Crippen molar-refractivity contribution >= 4 is 5.91 Å². The van der Waals surface area contributed by atoms with E-state index in [1.165, 1.54) is 0 Å². The molecule has 0 radical (unpaired) electrons. The van der Waals surface area contributed by atoms with Gasteiger partial charge in [0.05, 0.1) is 5.92 Å². The molecule has 1 fully saturated rings. The van der Waals surface area contributed by atoms with E-state index in [2.05, 4.69) is 43.2 Å². The van der Waals surface area contributed by atoms with Crippen molar-refractivity contribution in [3.63, 3.8) is 0 Å². The molecule has 0 aromatic carbocycles. The summed E-state index contributed by atoms with van der Waals surface area (Å²) in [5, 5.41) is 6.45. The molecule has 1 amide bonds. The molecule has 0 aromatic rings. The SMILES string of the molecule is CCN(CC)CCCC(C)NC(=O)[C@@H]1CNC[C@H]1C. The summed E-state index contributed by atoms with van der Waals surface area (Å²) in [6, 6.07) is 0.288. The van der Waals surface area contributed by atoms with Crippen LogP contribution < -0.4 is 10.6 Å². The molecule has 1 aliphatic rings. The molecule has 1 aliphatic heterocycles. The molecule has 0 saturated carbocycles. The number of amides is 1. The van der Waals surface area contributed by atoms with Crippen molar-refractivity contribution in [3.8, 4) is 0 Å². The van der Waals surface area contributed by atoms with E-state index < -0.39 is 0 Å². The first-order chi connectivity index (χ1) is 9.08. The Hall–Kier alpha value is -0.610. The van der Waals surface area contributed by atoms with E-state index in [1.807, 2.05) is 0 Å². The number of nitrogens with one attached hydrogen (secondary N) is 2. The van der Waals surface area contributed by atoms with Crippen LogP contribution in [0.5, 0.6) is 0 Å².